The molecule has 2 atom stereocenters. The summed E-state index contributed by atoms with van der Waals surface area (Å²) in [6.07, 6.45) is 0. The van der Waals surface area contributed by atoms with Crippen LogP contribution < -0.4 is 15.9 Å². The number of hydrogen-bond donors (Lipinski definition) is 1. The molecule has 0 fully saturated rings. The molecule has 0 spiro atoms. The van der Waals surface area contributed by atoms with Gasteiger partial charge in [-0.25, -0.2) is 0 Å². The van der Waals surface area contributed by atoms with Gasteiger partial charge in [-0.2, -0.15) is 0 Å². The molecule has 0 saturated carbocycles. The standard InChI is InChI=1S/C3H10O6P2.H3N.Pt/c1-8-10(4,5)3-11(6,7)9-2;;/h3H2,1-2H3,(H,4,5)(H,6,7);1H3;/q;;+2/p-2. The molecule has 0 aromatic carbocycles. The van der Waals surface area contributed by atoms with E-state index in [1.807, 2.05) is 0 Å². The van der Waals surface area contributed by atoms with Crippen LogP contribution in [0.15, 0.2) is 0 Å². The van der Waals surface area contributed by atoms with Crippen molar-refractivity contribution in [3.8, 4) is 0 Å². The monoisotopic (exact) mass is 414 g/mol. The van der Waals surface area contributed by atoms with Crippen molar-refractivity contribution in [1.82, 2.24) is 6.15 Å². The molecule has 7 nitrogen and oxygen atoms in total. The topological polar surface area (TPSA) is 134 Å². The summed E-state index contributed by atoms with van der Waals surface area (Å²) in [5.74, 6) is -1.10. The Labute approximate surface area is 90.7 Å². The van der Waals surface area contributed by atoms with Gasteiger partial charge in [-0.3, -0.25) is 0 Å². The first-order chi connectivity index (χ1) is 4.83. The third kappa shape index (κ3) is 9.26. The molecule has 0 aliphatic heterocycles. The van der Waals surface area contributed by atoms with Gasteiger partial charge in [0.05, 0.1) is 5.90 Å². The Morgan fingerprint density at radius 2 is 1.31 bits per heavy atom. The van der Waals surface area contributed by atoms with Crippen molar-refractivity contribution >= 4 is 15.2 Å². The first-order valence-corrected chi connectivity index (χ1v) is 6.00. The van der Waals surface area contributed by atoms with Gasteiger partial charge in [0.25, 0.3) is 0 Å². The number of hydrogen-bond acceptors (Lipinski definition) is 7. The molecule has 0 amide bonds. The summed E-state index contributed by atoms with van der Waals surface area (Å²) in [6, 6.07) is 0. The quantitative estimate of drug-likeness (QED) is 0.614. The number of rotatable bonds is 4. The molecular weight excluding hydrogens is 403 g/mol. The van der Waals surface area contributed by atoms with Crippen molar-refractivity contribution in [2.45, 2.75) is 0 Å². The van der Waals surface area contributed by atoms with Gasteiger partial charge < -0.3 is 34.1 Å². The Bertz CT molecular complexity index is 200. The second-order valence-corrected chi connectivity index (χ2v) is 6.03. The normalized spacial score (nSPS) is 18.8. The molecule has 0 aliphatic carbocycles. The van der Waals surface area contributed by atoms with Crippen LogP contribution in [0.1, 0.15) is 0 Å². The van der Waals surface area contributed by atoms with Crippen LogP contribution in [0.25, 0.3) is 0 Å². The molecule has 84 valence electrons. The summed E-state index contributed by atoms with van der Waals surface area (Å²) in [6.45, 7) is 0. The van der Waals surface area contributed by atoms with Crippen molar-refractivity contribution in [2.75, 3.05) is 20.1 Å². The van der Waals surface area contributed by atoms with Crippen molar-refractivity contribution in [3.05, 3.63) is 0 Å². The Kier molecular flexibility index (Phi) is 10.9. The average Bonchev–Trinajstić information content (AvgIpc) is 1.86. The van der Waals surface area contributed by atoms with Crippen LogP contribution in [0.4, 0.5) is 0 Å². The predicted octanol–water partition coefficient (Wildman–Crippen LogP) is -0.497. The first-order valence-electron chi connectivity index (χ1n) is 2.54. The van der Waals surface area contributed by atoms with E-state index < -0.39 is 21.1 Å². The van der Waals surface area contributed by atoms with Crippen molar-refractivity contribution in [1.29, 1.82) is 0 Å². The Balaban J connectivity index is -0.000000500. The fourth-order valence-corrected chi connectivity index (χ4v) is 2.95. The predicted molar refractivity (Wildman–Crippen MR) is 39.1 cm³/mol. The van der Waals surface area contributed by atoms with E-state index in [2.05, 4.69) is 9.05 Å². The van der Waals surface area contributed by atoms with E-state index in [0.29, 0.717) is 0 Å². The molecule has 3 N–H and O–H groups in total. The van der Waals surface area contributed by atoms with Crippen molar-refractivity contribution in [2.24, 2.45) is 0 Å². The zero-order valence-electron chi connectivity index (χ0n) is 7.07. The fraction of sp³-hybridized carbons (Fsp3) is 1.00. The molecular formula is C3H11NO6P2Pt. The van der Waals surface area contributed by atoms with Gasteiger partial charge in [0.1, 0.15) is 15.2 Å². The third-order valence-corrected chi connectivity index (χ3v) is 4.79. The minimum atomic E-state index is -4.26. The SMILES string of the molecule is COP(=O)([O-])CP(=O)([O-])OC.N.[Pt+2]. The first kappa shape index (κ1) is 19.5. The van der Waals surface area contributed by atoms with E-state index in [1.165, 1.54) is 0 Å². The van der Waals surface area contributed by atoms with E-state index in [-0.39, 0.29) is 27.2 Å². The Morgan fingerprint density at radius 3 is 1.46 bits per heavy atom. The molecule has 0 heterocycles. The Morgan fingerprint density at radius 1 is 1.08 bits per heavy atom. The summed E-state index contributed by atoms with van der Waals surface area (Å²) in [5, 5.41) is 0. The summed E-state index contributed by atoms with van der Waals surface area (Å²) in [7, 11) is -6.74. The van der Waals surface area contributed by atoms with Gasteiger partial charge in [0, 0.05) is 14.2 Å². The van der Waals surface area contributed by atoms with Crippen molar-refractivity contribution < 1.29 is 49.0 Å². The summed E-state index contributed by atoms with van der Waals surface area (Å²) < 4.78 is 28.9. The minimum absolute atomic E-state index is 0. The molecule has 13 heavy (non-hydrogen) atoms. The average molecular weight is 414 g/mol. The van der Waals surface area contributed by atoms with Crippen molar-refractivity contribution in [3.63, 3.8) is 0 Å². The molecule has 0 radical (unpaired) electrons. The van der Waals surface area contributed by atoms with Gasteiger partial charge in [-0.15, -0.1) is 0 Å². The van der Waals surface area contributed by atoms with Crippen LogP contribution in [0.5, 0.6) is 0 Å². The van der Waals surface area contributed by atoms with Crippen LogP contribution in [0.3, 0.4) is 0 Å². The molecule has 0 bridgehead atoms. The maximum atomic E-state index is 10.5. The second-order valence-electron chi connectivity index (χ2n) is 1.73. The molecule has 0 aromatic rings. The van der Waals surface area contributed by atoms with E-state index in [1.54, 1.807) is 0 Å². The maximum Gasteiger partial charge on any atom is 2.00 e. The minimum Gasteiger partial charge on any atom is -0.778 e. The smallest absolute Gasteiger partial charge is 0.778 e. The van der Waals surface area contributed by atoms with Gasteiger partial charge >= 0.3 is 21.1 Å². The van der Waals surface area contributed by atoms with Gasteiger partial charge in [-0.1, -0.05) is 0 Å². The fourth-order valence-electron chi connectivity index (χ4n) is 0.328. The Hall–Kier alpha value is 0.948. The largest absolute Gasteiger partial charge is 2.00 e. The van der Waals surface area contributed by atoms with E-state index >= 15 is 0 Å². The molecule has 2 unspecified atom stereocenters. The van der Waals surface area contributed by atoms with Crippen LogP contribution in [-0.2, 0) is 39.2 Å². The summed E-state index contributed by atoms with van der Waals surface area (Å²) in [4.78, 5) is 21.1. The molecule has 0 rings (SSSR count). The summed E-state index contributed by atoms with van der Waals surface area (Å²) >= 11 is 0. The second kappa shape index (κ2) is 7.27. The van der Waals surface area contributed by atoms with Crippen LogP contribution in [0, 0.1) is 0 Å². The van der Waals surface area contributed by atoms with Crippen LogP contribution >= 0.6 is 15.2 Å². The zero-order chi connectivity index (χ0) is 9.12. The maximum absolute atomic E-state index is 10.5. The van der Waals surface area contributed by atoms with Gasteiger partial charge in [-0.05, 0) is 0 Å². The van der Waals surface area contributed by atoms with Crippen LogP contribution in [0.2, 0.25) is 0 Å². The molecule has 0 saturated heterocycles. The summed E-state index contributed by atoms with van der Waals surface area (Å²) in [5.41, 5.74) is 0. The van der Waals surface area contributed by atoms with E-state index in [4.69, 9.17) is 0 Å². The van der Waals surface area contributed by atoms with E-state index in [9.17, 15) is 18.9 Å². The van der Waals surface area contributed by atoms with Gasteiger partial charge in [0.15, 0.2) is 0 Å². The zero-order valence-corrected chi connectivity index (χ0v) is 11.1. The molecule has 0 aliphatic rings. The van der Waals surface area contributed by atoms with E-state index in [0.717, 1.165) is 14.2 Å². The van der Waals surface area contributed by atoms with Crippen LogP contribution in [-0.4, -0.2) is 20.1 Å². The van der Waals surface area contributed by atoms with Gasteiger partial charge in [0.2, 0.25) is 0 Å². The third-order valence-electron chi connectivity index (χ3n) is 0.903. The molecule has 0 aromatic heterocycles. The molecule has 10 heteroatoms.